The molecule has 7 nitrogen and oxygen atoms in total. The number of nitrogens with one attached hydrogen (secondary N) is 2. The van der Waals surface area contributed by atoms with E-state index in [9.17, 15) is 9.59 Å². The molecule has 1 saturated heterocycles. The number of esters is 1. The first-order valence-corrected chi connectivity index (χ1v) is 9.31. The van der Waals surface area contributed by atoms with Crippen molar-refractivity contribution < 1.29 is 19.1 Å². The Bertz CT molecular complexity index is 819. The van der Waals surface area contributed by atoms with Gasteiger partial charge < -0.3 is 25.0 Å². The second-order valence-corrected chi connectivity index (χ2v) is 6.41. The first-order valence-electron chi connectivity index (χ1n) is 9.31. The maximum atomic E-state index is 12.2. The highest BCUT2D eigenvalue weighted by atomic mass is 16.5. The number of morpholine rings is 1. The molecule has 0 atom stereocenters. The van der Waals surface area contributed by atoms with Gasteiger partial charge in [-0.25, -0.2) is 4.79 Å². The van der Waals surface area contributed by atoms with Gasteiger partial charge in [-0.05, 0) is 30.3 Å². The Labute approximate surface area is 164 Å². The minimum Gasteiger partial charge on any atom is -0.465 e. The van der Waals surface area contributed by atoms with Crippen LogP contribution in [0.5, 0.6) is 0 Å². The SMILES string of the molecule is COC(=O)c1cccc(NC(=O)CCNc2ccccc2N2CCOCC2)c1. The molecule has 0 unspecified atom stereocenters. The van der Waals surface area contributed by atoms with Gasteiger partial charge in [0.2, 0.25) is 5.91 Å². The van der Waals surface area contributed by atoms with Gasteiger partial charge in [0.25, 0.3) is 0 Å². The zero-order valence-corrected chi connectivity index (χ0v) is 15.9. The van der Waals surface area contributed by atoms with Crippen LogP contribution in [-0.2, 0) is 14.3 Å². The van der Waals surface area contributed by atoms with Crippen LogP contribution in [-0.4, -0.2) is 51.8 Å². The molecule has 28 heavy (non-hydrogen) atoms. The van der Waals surface area contributed by atoms with Crippen molar-refractivity contribution in [3.05, 3.63) is 54.1 Å². The minimum absolute atomic E-state index is 0.127. The van der Waals surface area contributed by atoms with E-state index in [-0.39, 0.29) is 5.91 Å². The summed E-state index contributed by atoms with van der Waals surface area (Å²) in [5.74, 6) is -0.559. The summed E-state index contributed by atoms with van der Waals surface area (Å²) in [7, 11) is 1.33. The Morgan fingerprint density at radius 3 is 2.68 bits per heavy atom. The molecule has 3 rings (SSSR count). The number of ether oxygens (including phenoxy) is 2. The average Bonchev–Trinajstić information content (AvgIpc) is 2.74. The molecule has 1 aliphatic rings. The summed E-state index contributed by atoms with van der Waals surface area (Å²) >= 11 is 0. The largest absolute Gasteiger partial charge is 0.465 e. The van der Waals surface area contributed by atoms with Gasteiger partial charge in [-0.15, -0.1) is 0 Å². The number of amides is 1. The van der Waals surface area contributed by atoms with Gasteiger partial charge in [-0.3, -0.25) is 4.79 Å². The highest BCUT2D eigenvalue weighted by Crippen LogP contribution is 2.26. The van der Waals surface area contributed by atoms with Crippen molar-refractivity contribution in [1.82, 2.24) is 0 Å². The number of carbonyl (C=O) groups is 2. The molecule has 1 heterocycles. The summed E-state index contributed by atoms with van der Waals surface area (Å²) in [6.45, 7) is 3.66. The number of nitrogens with zero attached hydrogens (tertiary/aromatic N) is 1. The lowest BCUT2D eigenvalue weighted by molar-refractivity contribution is -0.115. The fraction of sp³-hybridized carbons (Fsp3) is 0.333. The fourth-order valence-corrected chi connectivity index (χ4v) is 3.08. The molecular formula is C21H25N3O4. The molecule has 0 aromatic heterocycles. The summed E-state index contributed by atoms with van der Waals surface area (Å²) in [6, 6.07) is 14.8. The lowest BCUT2D eigenvalue weighted by Gasteiger charge is -2.30. The van der Waals surface area contributed by atoms with E-state index in [1.54, 1.807) is 24.3 Å². The van der Waals surface area contributed by atoms with Gasteiger partial charge in [0.15, 0.2) is 0 Å². The number of hydrogen-bond donors (Lipinski definition) is 2. The Kier molecular flexibility index (Phi) is 6.86. The van der Waals surface area contributed by atoms with Gasteiger partial charge in [0.1, 0.15) is 0 Å². The van der Waals surface area contributed by atoms with E-state index in [4.69, 9.17) is 9.47 Å². The summed E-state index contributed by atoms with van der Waals surface area (Å²) in [5.41, 5.74) is 3.10. The van der Waals surface area contributed by atoms with Crippen molar-refractivity contribution in [1.29, 1.82) is 0 Å². The van der Waals surface area contributed by atoms with Crippen LogP contribution in [0.15, 0.2) is 48.5 Å². The molecule has 0 saturated carbocycles. The Hall–Kier alpha value is -3.06. The monoisotopic (exact) mass is 383 g/mol. The molecule has 0 bridgehead atoms. The second kappa shape index (κ2) is 9.75. The number of para-hydroxylation sites is 2. The predicted octanol–water partition coefficient (Wildman–Crippen LogP) is 2.75. The van der Waals surface area contributed by atoms with Gasteiger partial charge in [0.05, 0.1) is 37.3 Å². The molecular weight excluding hydrogens is 358 g/mol. The topological polar surface area (TPSA) is 79.9 Å². The Balaban J connectivity index is 1.53. The van der Waals surface area contributed by atoms with Crippen LogP contribution >= 0.6 is 0 Å². The third-order valence-corrected chi connectivity index (χ3v) is 4.49. The quantitative estimate of drug-likeness (QED) is 0.716. The minimum atomic E-state index is -0.433. The van der Waals surface area contributed by atoms with Gasteiger partial charge >= 0.3 is 5.97 Å². The zero-order chi connectivity index (χ0) is 19.8. The van der Waals surface area contributed by atoms with E-state index in [2.05, 4.69) is 21.6 Å². The summed E-state index contributed by atoms with van der Waals surface area (Å²) < 4.78 is 10.1. The van der Waals surface area contributed by atoms with Gasteiger partial charge in [-0.1, -0.05) is 18.2 Å². The number of rotatable bonds is 7. The second-order valence-electron chi connectivity index (χ2n) is 6.41. The van der Waals surface area contributed by atoms with Crippen LogP contribution < -0.4 is 15.5 Å². The smallest absolute Gasteiger partial charge is 0.337 e. The van der Waals surface area contributed by atoms with Crippen molar-refractivity contribution >= 4 is 28.9 Å². The van der Waals surface area contributed by atoms with Crippen molar-refractivity contribution in [2.24, 2.45) is 0 Å². The van der Waals surface area contributed by atoms with Gasteiger partial charge in [-0.2, -0.15) is 0 Å². The molecule has 2 N–H and O–H groups in total. The van der Waals surface area contributed by atoms with E-state index < -0.39 is 5.97 Å². The molecule has 0 aliphatic carbocycles. The van der Waals surface area contributed by atoms with Crippen LogP contribution in [0.1, 0.15) is 16.8 Å². The number of methoxy groups -OCH3 is 1. The molecule has 2 aromatic rings. The lowest BCUT2D eigenvalue weighted by Crippen LogP contribution is -2.36. The van der Waals surface area contributed by atoms with Crippen LogP contribution in [0.25, 0.3) is 0 Å². The molecule has 7 heteroatoms. The van der Waals surface area contributed by atoms with Crippen LogP contribution in [0.2, 0.25) is 0 Å². The third-order valence-electron chi connectivity index (χ3n) is 4.49. The zero-order valence-electron chi connectivity index (χ0n) is 15.9. The van der Waals surface area contributed by atoms with Crippen LogP contribution in [0.4, 0.5) is 17.1 Å². The van der Waals surface area contributed by atoms with E-state index in [1.807, 2.05) is 18.2 Å². The maximum Gasteiger partial charge on any atom is 0.337 e. The van der Waals surface area contributed by atoms with E-state index in [1.165, 1.54) is 7.11 Å². The van der Waals surface area contributed by atoms with Crippen molar-refractivity contribution in [2.45, 2.75) is 6.42 Å². The van der Waals surface area contributed by atoms with Crippen molar-refractivity contribution in [2.75, 3.05) is 55.5 Å². The summed E-state index contributed by atoms with van der Waals surface area (Å²) in [6.07, 6.45) is 0.305. The van der Waals surface area contributed by atoms with Crippen molar-refractivity contribution in [3.8, 4) is 0 Å². The summed E-state index contributed by atoms with van der Waals surface area (Å²) in [4.78, 5) is 26.1. The van der Waals surface area contributed by atoms with E-state index in [0.29, 0.717) is 24.2 Å². The highest BCUT2D eigenvalue weighted by molar-refractivity contribution is 5.94. The van der Waals surface area contributed by atoms with Gasteiger partial charge in [0, 0.05) is 31.7 Å². The Morgan fingerprint density at radius 2 is 1.89 bits per heavy atom. The van der Waals surface area contributed by atoms with E-state index >= 15 is 0 Å². The Morgan fingerprint density at radius 1 is 1.11 bits per heavy atom. The van der Waals surface area contributed by atoms with Crippen LogP contribution in [0, 0.1) is 0 Å². The molecule has 148 valence electrons. The predicted molar refractivity (Wildman–Crippen MR) is 109 cm³/mol. The first kappa shape index (κ1) is 19.7. The first-order chi connectivity index (χ1) is 13.7. The molecule has 2 aromatic carbocycles. The average molecular weight is 383 g/mol. The maximum absolute atomic E-state index is 12.2. The number of hydrogen-bond acceptors (Lipinski definition) is 6. The molecule has 0 radical (unpaired) electrons. The van der Waals surface area contributed by atoms with Crippen LogP contribution in [0.3, 0.4) is 0 Å². The highest BCUT2D eigenvalue weighted by Gasteiger charge is 2.14. The third kappa shape index (κ3) is 5.23. The normalized spacial score (nSPS) is 13.7. The number of anilines is 3. The van der Waals surface area contributed by atoms with Crippen molar-refractivity contribution in [3.63, 3.8) is 0 Å². The molecule has 1 amide bonds. The summed E-state index contributed by atoms with van der Waals surface area (Å²) in [5, 5.41) is 6.16. The lowest BCUT2D eigenvalue weighted by atomic mass is 10.2. The van der Waals surface area contributed by atoms with E-state index in [0.717, 1.165) is 37.7 Å². The molecule has 1 aliphatic heterocycles. The standard InChI is InChI=1S/C21H25N3O4/c1-27-21(26)16-5-4-6-17(15-16)23-20(25)9-10-22-18-7-2-3-8-19(18)24-11-13-28-14-12-24/h2-8,15,22H,9-14H2,1H3,(H,23,25). The fourth-order valence-electron chi connectivity index (χ4n) is 3.08. The number of carbonyl (C=O) groups excluding carboxylic acids is 2. The number of benzene rings is 2. The molecule has 0 spiro atoms. The molecule has 1 fully saturated rings.